The maximum atomic E-state index is 5.29. The Morgan fingerprint density at radius 1 is 1.59 bits per heavy atom. The van der Waals surface area contributed by atoms with E-state index in [4.69, 9.17) is 4.42 Å². The van der Waals surface area contributed by atoms with Crippen molar-refractivity contribution in [3.05, 3.63) is 24.2 Å². The lowest BCUT2D eigenvalue weighted by Gasteiger charge is -2.25. The van der Waals surface area contributed by atoms with Crippen molar-refractivity contribution in [3.8, 4) is 0 Å². The van der Waals surface area contributed by atoms with Crippen molar-refractivity contribution in [2.75, 3.05) is 20.1 Å². The largest absolute Gasteiger partial charge is 0.468 e. The molecule has 1 aliphatic carbocycles. The van der Waals surface area contributed by atoms with E-state index in [-0.39, 0.29) is 0 Å². The van der Waals surface area contributed by atoms with Gasteiger partial charge in [0.2, 0.25) is 0 Å². The van der Waals surface area contributed by atoms with Crippen LogP contribution in [-0.4, -0.2) is 31.1 Å². The summed E-state index contributed by atoms with van der Waals surface area (Å²) in [6.07, 6.45) is 3.14. The lowest BCUT2D eigenvalue weighted by molar-refractivity contribution is 0.236. The van der Waals surface area contributed by atoms with E-state index in [1.807, 2.05) is 12.1 Å². The molecule has 0 aliphatic heterocycles. The van der Waals surface area contributed by atoms with Crippen LogP contribution in [0, 0.1) is 11.8 Å². The van der Waals surface area contributed by atoms with E-state index in [0.717, 1.165) is 30.7 Å². The SMILES string of the molecule is CC1CC1CN(C)C(C)CNCc1ccco1. The highest BCUT2D eigenvalue weighted by Gasteiger charge is 2.33. The Morgan fingerprint density at radius 2 is 2.35 bits per heavy atom. The minimum Gasteiger partial charge on any atom is -0.468 e. The first-order valence-electron chi connectivity index (χ1n) is 6.60. The van der Waals surface area contributed by atoms with Gasteiger partial charge in [0.1, 0.15) is 5.76 Å². The molecule has 0 amide bonds. The fourth-order valence-electron chi connectivity index (χ4n) is 2.18. The van der Waals surface area contributed by atoms with Crippen LogP contribution in [0.4, 0.5) is 0 Å². The quantitative estimate of drug-likeness (QED) is 0.787. The standard InChI is InChI=1S/C14H24N2O/c1-11-7-13(11)10-16(3)12(2)8-15-9-14-5-4-6-17-14/h4-6,11-13,15H,7-10H2,1-3H3. The molecule has 1 aliphatic rings. The summed E-state index contributed by atoms with van der Waals surface area (Å²) in [6, 6.07) is 4.52. The van der Waals surface area contributed by atoms with Crippen LogP contribution in [0.2, 0.25) is 0 Å². The third-order valence-corrected chi connectivity index (χ3v) is 3.87. The Bertz CT molecular complexity index is 323. The van der Waals surface area contributed by atoms with Crippen LogP contribution in [0.1, 0.15) is 26.0 Å². The molecule has 3 atom stereocenters. The van der Waals surface area contributed by atoms with Crippen LogP contribution in [0.25, 0.3) is 0 Å². The van der Waals surface area contributed by atoms with Crippen LogP contribution in [-0.2, 0) is 6.54 Å². The molecule has 3 unspecified atom stereocenters. The van der Waals surface area contributed by atoms with E-state index in [9.17, 15) is 0 Å². The molecular weight excluding hydrogens is 212 g/mol. The molecule has 17 heavy (non-hydrogen) atoms. The van der Waals surface area contributed by atoms with Crippen molar-refractivity contribution >= 4 is 0 Å². The fraction of sp³-hybridized carbons (Fsp3) is 0.714. The number of nitrogens with one attached hydrogen (secondary N) is 1. The van der Waals surface area contributed by atoms with Gasteiger partial charge in [0.25, 0.3) is 0 Å². The van der Waals surface area contributed by atoms with Crippen molar-refractivity contribution in [3.63, 3.8) is 0 Å². The zero-order valence-electron chi connectivity index (χ0n) is 11.1. The van der Waals surface area contributed by atoms with Gasteiger partial charge in [-0.2, -0.15) is 0 Å². The zero-order chi connectivity index (χ0) is 12.3. The number of furan rings is 1. The number of hydrogen-bond acceptors (Lipinski definition) is 3. The van der Waals surface area contributed by atoms with Gasteiger partial charge in [-0.1, -0.05) is 6.92 Å². The Balaban J connectivity index is 1.61. The highest BCUT2D eigenvalue weighted by Crippen LogP contribution is 2.38. The van der Waals surface area contributed by atoms with Gasteiger partial charge in [0.15, 0.2) is 0 Å². The highest BCUT2D eigenvalue weighted by atomic mass is 16.3. The molecule has 0 bridgehead atoms. The third-order valence-electron chi connectivity index (χ3n) is 3.87. The number of likely N-dealkylation sites (N-methyl/N-ethyl adjacent to an activating group) is 1. The van der Waals surface area contributed by atoms with Gasteiger partial charge in [0.05, 0.1) is 12.8 Å². The second-order valence-corrected chi connectivity index (χ2v) is 5.47. The first-order chi connectivity index (χ1) is 8.16. The molecule has 1 N–H and O–H groups in total. The van der Waals surface area contributed by atoms with E-state index in [2.05, 4.69) is 31.1 Å². The molecule has 2 rings (SSSR count). The number of rotatable bonds is 7. The molecule has 0 radical (unpaired) electrons. The maximum Gasteiger partial charge on any atom is 0.117 e. The molecule has 0 saturated heterocycles. The molecule has 96 valence electrons. The monoisotopic (exact) mass is 236 g/mol. The van der Waals surface area contributed by atoms with Crippen LogP contribution in [0.3, 0.4) is 0 Å². The second-order valence-electron chi connectivity index (χ2n) is 5.47. The van der Waals surface area contributed by atoms with Crippen molar-refractivity contribution < 1.29 is 4.42 Å². The van der Waals surface area contributed by atoms with Crippen LogP contribution < -0.4 is 5.32 Å². The Hall–Kier alpha value is -0.800. The van der Waals surface area contributed by atoms with Gasteiger partial charge in [-0.15, -0.1) is 0 Å². The minimum atomic E-state index is 0.581. The predicted octanol–water partition coefficient (Wildman–Crippen LogP) is 2.35. The van der Waals surface area contributed by atoms with Gasteiger partial charge in [-0.05, 0) is 44.4 Å². The Kier molecular flexibility index (Phi) is 4.24. The van der Waals surface area contributed by atoms with Crippen molar-refractivity contribution in [2.24, 2.45) is 11.8 Å². The van der Waals surface area contributed by atoms with Gasteiger partial charge in [-0.3, -0.25) is 0 Å². The average Bonchev–Trinajstić information content (AvgIpc) is 2.81. The fourth-order valence-corrected chi connectivity index (χ4v) is 2.18. The molecule has 1 fully saturated rings. The molecule has 3 heteroatoms. The summed E-state index contributed by atoms with van der Waals surface area (Å²) in [7, 11) is 2.23. The second kappa shape index (κ2) is 5.69. The summed E-state index contributed by atoms with van der Waals surface area (Å²) in [4.78, 5) is 2.46. The Labute approximate surface area is 104 Å². The molecule has 1 aromatic heterocycles. The van der Waals surface area contributed by atoms with Gasteiger partial charge in [-0.25, -0.2) is 0 Å². The summed E-state index contributed by atoms with van der Waals surface area (Å²) >= 11 is 0. The molecule has 1 saturated carbocycles. The Morgan fingerprint density at radius 3 is 2.94 bits per heavy atom. The smallest absolute Gasteiger partial charge is 0.117 e. The van der Waals surface area contributed by atoms with Gasteiger partial charge in [0, 0.05) is 19.1 Å². The number of nitrogens with zero attached hydrogens (tertiary/aromatic N) is 1. The highest BCUT2D eigenvalue weighted by molar-refractivity contribution is 4.97. The zero-order valence-corrected chi connectivity index (χ0v) is 11.1. The predicted molar refractivity (Wildman–Crippen MR) is 69.8 cm³/mol. The maximum absolute atomic E-state index is 5.29. The van der Waals surface area contributed by atoms with Gasteiger partial charge < -0.3 is 14.6 Å². The van der Waals surface area contributed by atoms with Crippen molar-refractivity contribution in [2.45, 2.75) is 32.9 Å². The lowest BCUT2D eigenvalue weighted by Crippen LogP contribution is -2.38. The molecular formula is C14H24N2O. The summed E-state index contributed by atoms with van der Waals surface area (Å²) in [5, 5.41) is 3.44. The molecule has 0 spiro atoms. The average molecular weight is 236 g/mol. The normalized spacial score (nSPS) is 25.2. The third kappa shape index (κ3) is 3.86. The van der Waals surface area contributed by atoms with Crippen molar-refractivity contribution in [1.29, 1.82) is 0 Å². The van der Waals surface area contributed by atoms with E-state index in [1.165, 1.54) is 13.0 Å². The number of hydrogen-bond donors (Lipinski definition) is 1. The summed E-state index contributed by atoms with van der Waals surface area (Å²) < 4.78 is 5.29. The first kappa shape index (κ1) is 12.7. The van der Waals surface area contributed by atoms with Crippen LogP contribution in [0.5, 0.6) is 0 Å². The summed E-state index contributed by atoms with van der Waals surface area (Å²) in [6.45, 7) is 7.70. The minimum absolute atomic E-state index is 0.581. The van der Waals surface area contributed by atoms with Crippen molar-refractivity contribution in [1.82, 2.24) is 10.2 Å². The molecule has 1 aromatic rings. The van der Waals surface area contributed by atoms with Crippen LogP contribution >= 0.6 is 0 Å². The van der Waals surface area contributed by atoms with Gasteiger partial charge >= 0.3 is 0 Å². The topological polar surface area (TPSA) is 28.4 Å². The lowest BCUT2D eigenvalue weighted by atomic mass is 10.2. The summed E-state index contributed by atoms with van der Waals surface area (Å²) in [5.74, 6) is 2.89. The van der Waals surface area contributed by atoms with Crippen LogP contribution in [0.15, 0.2) is 22.8 Å². The van der Waals surface area contributed by atoms with E-state index < -0.39 is 0 Å². The first-order valence-corrected chi connectivity index (χ1v) is 6.60. The van der Waals surface area contributed by atoms with E-state index in [1.54, 1.807) is 6.26 Å². The molecule has 1 heterocycles. The molecule has 3 nitrogen and oxygen atoms in total. The molecule has 0 aromatic carbocycles. The summed E-state index contributed by atoms with van der Waals surface area (Å²) in [5.41, 5.74) is 0. The van der Waals surface area contributed by atoms with E-state index >= 15 is 0 Å². The van der Waals surface area contributed by atoms with E-state index in [0.29, 0.717) is 6.04 Å².